The Kier molecular flexibility index (Phi) is 10.7. The van der Waals surface area contributed by atoms with Crippen LogP contribution in [0.1, 0.15) is 43.7 Å². The number of carbonyl (C=O) groups is 3. The smallest absolute Gasteiger partial charge is 0.414 e. The molecule has 0 bridgehead atoms. The Morgan fingerprint density at radius 1 is 0.864 bits per heavy atom. The molecule has 0 aliphatic heterocycles. The van der Waals surface area contributed by atoms with E-state index in [2.05, 4.69) is 10.3 Å². The maximum atomic E-state index is 13.4. The summed E-state index contributed by atoms with van der Waals surface area (Å²) in [5, 5.41) is 2.96. The highest BCUT2D eigenvalue weighted by Gasteiger charge is 2.24. The van der Waals surface area contributed by atoms with E-state index in [0.717, 1.165) is 16.8 Å². The number of esters is 1. The molecule has 9 nitrogen and oxygen atoms in total. The molecule has 1 heterocycles. The van der Waals surface area contributed by atoms with Crippen molar-refractivity contribution in [2.75, 3.05) is 30.0 Å². The van der Waals surface area contributed by atoms with Gasteiger partial charge in [0.2, 0.25) is 0 Å². The second kappa shape index (κ2) is 14.8. The number of ether oxygens (including phenoxy) is 3. The zero-order chi connectivity index (χ0) is 31.5. The molecule has 9 heteroatoms. The van der Waals surface area contributed by atoms with Gasteiger partial charge in [0.05, 0.1) is 6.61 Å². The third-order valence-corrected chi connectivity index (χ3v) is 6.37. The number of pyridine rings is 1. The van der Waals surface area contributed by atoms with Crippen LogP contribution in [0.5, 0.6) is 5.75 Å². The van der Waals surface area contributed by atoms with Gasteiger partial charge in [-0.2, -0.15) is 0 Å². The summed E-state index contributed by atoms with van der Waals surface area (Å²) < 4.78 is 16.0. The van der Waals surface area contributed by atoms with Gasteiger partial charge in [0.15, 0.2) is 6.61 Å². The summed E-state index contributed by atoms with van der Waals surface area (Å²) in [6, 6.07) is 27.2. The minimum atomic E-state index is -0.655. The Bertz CT molecular complexity index is 1550. The van der Waals surface area contributed by atoms with Gasteiger partial charge in [0.25, 0.3) is 5.91 Å². The van der Waals surface area contributed by atoms with E-state index in [-0.39, 0.29) is 12.5 Å². The number of nitrogens with zero attached hydrogens (tertiary/aromatic N) is 2. The molecule has 4 aromatic rings. The van der Waals surface area contributed by atoms with Crippen molar-refractivity contribution in [1.82, 2.24) is 4.98 Å². The molecule has 1 N–H and O–H groups in total. The lowest BCUT2D eigenvalue weighted by Crippen LogP contribution is -2.38. The molecule has 0 aliphatic carbocycles. The van der Waals surface area contributed by atoms with Crippen LogP contribution in [0.25, 0.3) is 11.1 Å². The van der Waals surface area contributed by atoms with Gasteiger partial charge in [0.1, 0.15) is 11.4 Å². The molecule has 0 spiro atoms. The van der Waals surface area contributed by atoms with Crippen LogP contribution in [0.4, 0.5) is 16.2 Å². The average Bonchev–Trinajstić information content (AvgIpc) is 3.01. The molecule has 0 atom stereocenters. The third kappa shape index (κ3) is 9.16. The predicted molar refractivity (Wildman–Crippen MR) is 170 cm³/mol. The predicted octanol–water partition coefficient (Wildman–Crippen LogP) is 6.93. The normalized spacial score (nSPS) is 10.9. The molecule has 228 valence electrons. The highest BCUT2D eigenvalue weighted by molar-refractivity contribution is 6.08. The largest absolute Gasteiger partial charge is 0.482 e. The molecule has 0 saturated carbocycles. The number of hydrogen-bond donors (Lipinski definition) is 1. The molecule has 4 rings (SSSR count). The van der Waals surface area contributed by atoms with Crippen LogP contribution in [-0.4, -0.2) is 48.3 Å². The Hall–Kier alpha value is -5.18. The first-order chi connectivity index (χ1) is 21.1. The number of nitrogens with one attached hydrogen (secondary N) is 1. The summed E-state index contributed by atoms with van der Waals surface area (Å²) in [6.07, 6.45) is 1.81. The van der Waals surface area contributed by atoms with Crippen molar-refractivity contribution in [2.45, 2.75) is 39.7 Å². The molecule has 0 radical (unpaired) electrons. The SMILES string of the molecule is CCOC(=O)COc1ccc(-c2ccccc2C(=O)Nc2ccc(N(CCc3ccccn3)C(=O)OC(C)(C)C)cc2)cc1. The lowest BCUT2D eigenvalue weighted by Gasteiger charge is -2.27. The highest BCUT2D eigenvalue weighted by atomic mass is 16.6. The van der Waals surface area contributed by atoms with Crippen molar-refractivity contribution in [3.63, 3.8) is 0 Å². The number of carbonyl (C=O) groups excluding carboxylic acids is 3. The fourth-order valence-corrected chi connectivity index (χ4v) is 4.35. The first-order valence-electron chi connectivity index (χ1n) is 14.4. The van der Waals surface area contributed by atoms with E-state index in [1.165, 1.54) is 0 Å². The fourth-order valence-electron chi connectivity index (χ4n) is 4.35. The highest BCUT2D eigenvalue weighted by Crippen LogP contribution is 2.27. The minimum absolute atomic E-state index is 0.176. The lowest BCUT2D eigenvalue weighted by atomic mass is 9.99. The Morgan fingerprint density at radius 2 is 1.57 bits per heavy atom. The van der Waals surface area contributed by atoms with E-state index in [4.69, 9.17) is 14.2 Å². The maximum Gasteiger partial charge on any atom is 0.414 e. The Morgan fingerprint density at radius 3 is 2.23 bits per heavy atom. The molecule has 0 fully saturated rings. The minimum Gasteiger partial charge on any atom is -0.482 e. The third-order valence-electron chi connectivity index (χ3n) is 6.37. The molecule has 44 heavy (non-hydrogen) atoms. The summed E-state index contributed by atoms with van der Waals surface area (Å²) in [7, 11) is 0. The van der Waals surface area contributed by atoms with Crippen molar-refractivity contribution >= 4 is 29.3 Å². The van der Waals surface area contributed by atoms with Crippen LogP contribution >= 0.6 is 0 Å². The number of benzene rings is 3. The zero-order valence-corrected chi connectivity index (χ0v) is 25.4. The molecule has 3 aromatic carbocycles. The molecular weight excluding hydrogens is 558 g/mol. The molecule has 0 unspecified atom stereocenters. The number of amides is 2. The molecule has 2 amide bonds. The van der Waals surface area contributed by atoms with Gasteiger partial charge in [-0.05, 0) is 93.4 Å². The Labute approximate surface area is 257 Å². The van der Waals surface area contributed by atoms with Crippen LogP contribution in [0.2, 0.25) is 0 Å². The summed E-state index contributed by atoms with van der Waals surface area (Å²) in [5.41, 5.74) is 3.46. The summed E-state index contributed by atoms with van der Waals surface area (Å²) in [4.78, 5) is 44.0. The summed E-state index contributed by atoms with van der Waals surface area (Å²) in [5.74, 6) is -0.201. The van der Waals surface area contributed by atoms with Gasteiger partial charge in [-0.3, -0.25) is 14.7 Å². The molecular formula is C35H37N3O6. The fraction of sp³-hybridized carbons (Fsp3) is 0.257. The van der Waals surface area contributed by atoms with Gasteiger partial charge < -0.3 is 19.5 Å². The average molecular weight is 596 g/mol. The first-order valence-corrected chi connectivity index (χ1v) is 14.4. The van der Waals surface area contributed by atoms with Crippen molar-refractivity contribution in [1.29, 1.82) is 0 Å². The summed E-state index contributed by atoms with van der Waals surface area (Å²) >= 11 is 0. The topological polar surface area (TPSA) is 107 Å². The lowest BCUT2D eigenvalue weighted by molar-refractivity contribution is -0.145. The standard InChI is InChI=1S/C35H37N3O6/c1-5-42-32(39)24-43-29-19-13-25(14-20-29)30-11-6-7-12-31(30)33(40)37-27-15-17-28(18-16-27)38(34(41)44-35(2,3)4)23-21-26-10-8-9-22-36-26/h6-20,22H,5,21,23-24H2,1-4H3,(H,37,40). The second-order valence-corrected chi connectivity index (χ2v) is 10.9. The number of rotatable bonds is 11. The number of hydrogen-bond acceptors (Lipinski definition) is 7. The molecule has 0 aliphatic rings. The van der Waals surface area contributed by atoms with Crippen molar-refractivity contribution in [3.8, 4) is 16.9 Å². The first kappa shape index (κ1) is 31.7. The van der Waals surface area contributed by atoms with Gasteiger partial charge in [-0.25, -0.2) is 9.59 Å². The van der Waals surface area contributed by atoms with Crippen LogP contribution in [0.15, 0.2) is 97.2 Å². The van der Waals surface area contributed by atoms with Crippen molar-refractivity contribution in [3.05, 3.63) is 108 Å². The van der Waals surface area contributed by atoms with Crippen LogP contribution in [0, 0.1) is 0 Å². The maximum absolute atomic E-state index is 13.4. The molecule has 1 aromatic heterocycles. The van der Waals surface area contributed by atoms with Crippen molar-refractivity contribution in [2.24, 2.45) is 0 Å². The van der Waals surface area contributed by atoms with E-state index in [1.807, 2.05) is 63.2 Å². The number of aromatic nitrogens is 1. The second-order valence-electron chi connectivity index (χ2n) is 10.9. The van der Waals surface area contributed by atoms with Gasteiger partial charge in [-0.1, -0.05) is 36.4 Å². The van der Waals surface area contributed by atoms with Crippen molar-refractivity contribution < 1.29 is 28.6 Å². The summed E-state index contributed by atoms with van der Waals surface area (Å²) in [6.45, 7) is 7.71. The van der Waals surface area contributed by atoms with Gasteiger partial charge in [-0.15, -0.1) is 0 Å². The van der Waals surface area contributed by atoms with Crippen LogP contribution in [-0.2, 0) is 20.7 Å². The van der Waals surface area contributed by atoms with Crippen LogP contribution < -0.4 is 15.0 Å². The van der Waals surface area contributed by atoms with Gasteiger partial charge >= 0.3 is 12.1 Å². The van der Waals surface area contributed by atoms with Gasteiger partial charge in [0, 0.05) is 41.8 Å². The monoisotopic (exact) mass is 595 g/mol. The van der Waals surface area contributed by atoms with E-state index in [1.54, 1.807) is 66.6 Å². The van der Waals surface area contributed by atoms with Crippen LogP contribution in [0.3, 0.4) is 0 Å². The number of anilines is 2. The molecule has 0 saturated heterocycles. The van der Waals surface area contributed by atoms with E-state index in [0.29, 0.717) is 42.3 Å². The Balaban J connectivity index is 1.46. The van der Waals surface area contributed by atoms with E-state index >= 15 is 0 Å². The van der Waals surface area contributed by atoms with E-state index in [9.17, 15) is 14.4 Å². The zero-order valence-electron chi connectivity index (χ0n) is 25.4. The van der Waals surface area contributed by atoms with E-state index < -0.39 is 17.7 Å². The quantitative estimate of drug-likeness (QED) is 0.187.